The van der Waals surface area contributed by atoms with E-state index in [4.69, 9.17) is 32.7 Å². The van der Waals surface area contributed by atoms with E-state index in [1.54, 1.807) is 25.3 Å². The second-order valence-electron chi connectivity index (χ2n) is 6.39. The number of carbonyl (C=O) groups is 1. The van der Waals surface area contributed by atoms with Crippen LogP contribution in [-0.2, 0) is 11.3 Å². The molecule has 150 valence electrons. The van der Waals surface area contributed by atoms with E-state index in [-0.39, 0.29) is 5.78 Å². The minimum Gasteiger partial charge on any atom is -0.489 e. The molecule has 3 rings (SSSR count). The Morgan fingerprint density at radius 3 is 2.31 bits per heavy atom. The fourth-order valence-electron chi connectivity index (χ4n) is 2.89. The third-order valence-electron chi connectivity index (χ3n) is 4.42. The summed E-state index contributed by atoms with van der Waals surface area (Å²) >= 11 is 15.6. The molecule has 3 aromatic carbocycles. The van der Waals surface area contributed by atoms with E-state index in [2.05, 4.69) is 15.9 Å². The van der Waals surface area contributed by atoms with Crippen molar-refractivity contribution < 1.29 is 14.3 Å². The second-order valence-corrected chi connectivity index (χ2v) is 8.22. The minimum atomic E-state index is -0.609. The second kappa shape index (κ2) is 10.3. The normalized spacial score (nSPS) is 13.0. The topological polar surface area (TPSA) is 35.5 Å². The van der Waals surface area contributed by atoms with E-state index in [0.29, 0.717) is 22.2 Å². The first-order valence-electron chi connectivity index (χ1n) is 8.92. The molecular weight excluding hydrogens is 475 g/mol. The maximum atomic E-state index is 12.9. The molecular formula is C23H19BrCl2O3. The molecule has 0 aliphatic heterocycles. The summed E-state index contributed by atoms with van der Waals surface area (Å²) in [7, 11) is 1.56. The standard InChI is InChI=1S/C23H19BrCl2O3/c1-28-23(21(24)22(27)19-12-9-17(25)13-20(19)26)16-7-10-18(11-8-16)29-14-15-5-3-2-4-6-15/h2-13,21,23H,14H2,1H3/t21-,23+/m1/s1. The SMILES string of the molecule is CO[C@@H](c1ccc(OCc2ccccc2)cc1)[C@H](Br)C(=O)c1ccc(Cl)cc1Cl. The lowest BCUT2D eigenvalue weighted by atomic mass is 9.99. The van der Waals surface area contributed by atoms with Gasteiger partial charge in [-0.3, -0.25) is 4.79 Å². The molecule has 0 radical (unpaired) electrons. The quantitative estimate of drug-likeness (QED) is 0.252. The van der Waals surface area contributed by atoms with Crippen molar-refractivity contribution in [3.63, 3.8) is 0 Å². The zero-order chi connectivity index (χ0) is 20.8. The monoisotopic (exact) mass is 492 g/mol. The molecule has 0 unspecified atom stereocenters. The fourth-order valence-corrected chi connectivity index (χ4v) is 4.16. The van der Waals surface area contributed by atoms with Crippen LogP contribution in [0.1, 0.15) is 27.6 Å². The zero-order valence-electron chi connectivity index (χ0n) is 15.6. The van der Waals surface area contributed by atoms with Crippen molar-refractivity contribution in [2.45, 2.75) is 17.5 Å². The van der Waals surface area contributed by atoms with E-state index >= 15 is 0 Å². The summed E-state index contributed by atoms with van der Waals surface area (Å²) in [6.07, 6.45) is -0.489. The molecule has 0 aliphatic rings. The van der Waals surface area contributed by atoms with Crippen molar-refractivity contribution in [3.05, 3.63) is 99.5 Å². The number of alkyl halides is 1. The molecule has 0 fully saturated rings. The van der Waals surface area contributed by atoms with Crippen LogP contribution in [0, 0.1) is 0 Å². The summed E-state index contributed by atoms with van der Waals surface area (Å²) in [4.78, 5) is 12.3. The number of rotatable bonds is 8. The Morgan fingerprint density at radius 2 is 1.69 bits per heavy atom. The van der Waals surface area contributed by atoms with Gasteiger partial charge in [-0.15, -0.1) is 0 Å². The van der Waals surface area contributed by atoms with Gasteiger partial charge in [0.2, 0.25) is 0 Å². The number of Topliss-reactive ketones (excluding diaryl/α,β-unsaturated/α-hetero) is 1. The molecule has 0 saturated heterocycles. The number of hydrogen-bond acceptors (Lipinski definition) is 3. The molecule has 3 aromatic rings. The molecule has 6 heteroatoms. The Labute approximate surface area is 188 Å². The van der Waals surface area contributed by atoms with Gasteiger partial charge in [-0.2, -0.15) is 0 Å². The first-order valence-corrected chi connectivity index (χ1v) is 10.6. The number of halogens is 3. The Balaban J connectivity index is 1.70. The lowest BCUT2D eigenvalue weighted by Crippen LogP contribution is -2.24. The molecule has 3 nitrogen and oxygen atoms in total. The highest BCUT2D eigenvalue weighted by Crippen LogP contribution is 2.32. The number of ketones is 1. The van der Waals surface area contributed by atoms with Crippen LogP contribution in [0.25, 0.3) is 0 Å². The van der Waals surface area contributed by atoms with E-state index in [1.807, 2.05) is 54.6 Å². The van der Waals surface area contributed by atoms with Crippen LogP contribution >= 0.6 is 39.1 Å². The van der Waals surface area contributed by atoms with E-state index in [9.17, 15) is 4.79 Å². The summed E-state index contributed by atoms with van der Waals surface area (Å²) in [5, 5.41) is 0.790. The van der Waals surface area contributed by atoms with Crippen LogP contribution < -0.4 is 4.74 Å². The van der Waals surface area contributed by atoms with Gasteiger partial charge in [0.05, 0.1) is 5.02 Å². The Kier molecular flexibility index (Phi) is 7.73. The maximum Gasteiger partial charge on any atom is 0.180 e. The summed E-state index contributed by atoms with van der Waals surface area (Å²) < 4.78 is 11.4. The third-order valence-corrected chi connectivity index (χ3v) is 5.87. The van der Waals surface area contributed by atoms with E-state index in [0.717, 1.165) is 16.9 Å². The number of ether oxygens (including phenoxy) is 2. The average Bonchev–Trinajstić information content (AvgIpc) is 2.74. The summed E-state index contributed by atoms with van der Waals surface area (Å²) in [5.41, 5.74) is 2.33. The molecule has 0 N–H and O–H groups in total. The van der Waals surface area contributed by atoms with Gasteiger partial charge in [-0.25, -0.2) is 0 Å². The molecule has 29 heavy (non-hydrogen) atoms. The van der Waals surface area contributed by atoms with Crippen molar-refractivity contribution >= 4 is 44.9 Å². The predicted molar refractivity (Wildman–Crippen MR) is 120 cm³/mol. The van der Waals surface area contributed by atoms with Crippen molar-refractivity contribution in [3.8, 4) is 5.75 Å². The lowest BCUT2D eigenvalue weighted by molar-refractivity contribution is 0.0770. The minimum absolute atomic E-state index is 0.178. The molecule has 0 heterocycles. The van der Waals surface area contributed by atoms with Gasteiger partial charge in [0.1, 0.15) is 23.3 Å². The fraction of sp³-hybridized carbons (Fsp3) is 0.174. The summed E-state index contributed by atoms with van der Waals surface area (Å²) in [6, 6.07) is 22.3. The lowest BCUT2D eigenvalue weighted by Gasteiger charge is -2.21. The van der Waals surface area contributed by atoms with Crippen molar-refractivity contribution in [2.24, 2.45) is 0 Å². The Morgan fingerprint density at radius 1 is 1.00 bits per heavy atom. The highest BCUT2D eigenvalue weighted by Gasteiger charge is 2.29. The molecule has 0 aromatic heterocycles. The molecule has 0 saturated carbocycles. The first kappa shape index (κ1) is 21.8. The summed E-state index contributed by atoms with van der Waals surface area (Å²) in [6.45, 7) is 0.489. The maximum absolute atomic E-state index is 12.9. The number of carbonyl (C=O) groups excluding carboxylic acids is 1. The van der Waals surface area contributed by atoms with Gasteiger partial charge in [-0.05, 0) is 41.5 Å². The largest absolute Gasteiger partial charge is 0.489 e. The van der Waals surface area contributed by atoms with Crippen LogP contribution in [0.4, 0.5) is 0 Å². The van der Waals surface area contributed by atoms with Crippen LogP contribution in [0.2, 0.25) is 10.0 Å². The highest BCUT2D eigenvalue weighted by atomic mass is 79.9. The molecule has 0 spiro atoms. The first-order chi connectivity index (χ1) is 14.0. The van der Waals surface area contributed by atoms with E-state index < -0.39 is 10.9 Å². The van der Waals surface area contributed by atoms with Gasteiger partial charge in [-0.1, -0.05) is 81.6 Å². The number of hydrogen-bond donors (Lipinski definition) is 0. The summed E-state index contributed by atoms with van der Waals surface area (Å²) in [5.74, 6) is 0.563. The Bertz CT molecular complexity index is 962. The van der Waals surface area contributed by atoms with Crippen LogP contribution in [0.3, 0.4) is 0 Å². The molecule has 2 atom stereocenters. The molecule has 0 aliphatic carbocycles. The van der Waals surface area contributed by atoms with Crippen molar-refractivity contribution in [2.75, 3.05) is 7.11 Å². The predicted octanol–water partition coefficient (Wildman–Crippen LogP) is 6.91. The highest BCUT2D eigenvalue weighted by molar-refractivity contribution is 9.10. The number of methoxy groups -OCH3 is 1. The van der Waals surface area contributed by atoms with E-state index in [1.165, 1.54) is 0 Å². The molecule has 0 amide bonds. The van der Waals surface area contributed by atoms with Crippen LogP contribution in [0.15, 0.2) is 72.8 Å². The third kappa shape index (κ3) is 5.61. The van der Waals surface area contributed by atoms with Gasteiger partial charge in [0.25, 0.3) is 0 Å². The molecule has 0 bridgehead atoms. The van der Waals surface area contributed by atoms with Gasteiger partial charge >= 0.3 is 0 Å². The zero-order valence-corrected chi connectivity index (χ0v) is 18.7. The van der Waals surface area contributed by atoms with Crippen molar-refractivity contribution in [1.82, 2.24) is 0 Å². The van der Waals surface area contributed by atoms with Gasteiger partial charge < -0.3 is 9.47 Å². The number of benzene rings is 3. The Hall–Kier alpha value is -1.85. The average molecular weight is 494 g/mol. The van der Waals surface area contributed by atoms with Crippen molar-refractivity contribution in [1.29, 1.82) is 0 Å². The van der Waals surface area contributed by atoms with Crippen LogP contribution in [-0.4, -0.2) is 17.7 Å². The van der Waals surface area contributed by atoms with Gasteiger partial charge in [0.15, 0.2) is 5.78 Å². The van der Waals surface area contributed by atoms with Crippen LogP contribution in [0.5, 0.6) is 5.75 Å². The smallest absolute Gasteiger partial charge is 0.180 e. The van der Waals surface area contributed by atoms with Gasteiger partial charge in [0, 0.05) is 17.7 Å².